The summed E-state index contributed by atoms with van der Waals surface area (Å²) in [5, 5.41) is 3.97. The molecule has 0 saturated carbocycles. The second kappa shape index (κ2) is 8.92. The number of nitrogens with one attached hydrogen (secondary N) is 1. The Morgan fingerprint density at radius 1 is 1.15 bits per heavy atom. The van der Waals surface area contributed by atoms with Crippen molar-refractivity contribution >= 4 is 28.1 Å². The molecule has 0 spiro atoms. The molecule has 0 aliphatic rings. The van der Waals surface area contributed by atoms with Gasteiger partial charge in [-0.15, -0.1) is 0 Å². The molecular weight excluding hydrogens is 394 g/mol. The molecule has 6 heteroatoms. The molecule has 3 rings (SSSR count). The maximum absolute atomic E-state index is 12.4. The normalized spacial score (nSPS) is 10.7. The van der Waals surface area contributed by atoms with E-state index in [4.69, 9.17) is 4.74 Å². The zero-order chi connectivity index (χ0) is 18.2. The number of halogens is 1. The van der Waals surface area contributed by atoms with Crippen molar-refractivity contribution < 1.29 is 9.53 Å². The lowest BCUT2D eigenvalue weighted by atomic mass is 10.2. The zero-order valence-corrected chi connectivity index (χ0v) is 15.4. The summed E-state index contributed by atoms with van der Waals surface area (Å²) in [5.74, 6) is 0.137. The molecule has 0 aliphatic carbocycles. The van der Waals surface area contributed by atoms with Crippen LogP contribution in [0, 0.1) is 0 Å². The van der Waals surface area contributed by atoms with Crippen molar-refractivity contribution in [2.24, 2.45) is 5.10 Å². The monoisotopic (exact) mass is 409 g/mol. The Morgan fingerprint density at radius 2 is 2.00 bits per heavy atom. The number of amides is 1. The van der Waals surface area contributed by atoms with Crippen LogP contribution in [0.3, 0.4) is 0 Å². The number of aromatic nitrogens is 1. The zero-order valence-electron chi connectivity index (χ0n) is 13.8. The predicted molar refractivity (Wildman–Crippen MR) is 104 cm³/mol. The molecule has 0 radical (unpaired) electrons. The highest BCUT2D eigenvalue weighted by Gasteiger charge is 2.13. The van der Waals surface area contributed by atoms with E-state index in [1.807, 2.05) is 36.4 Å². The van der Waals surface area contributed by atoms with Crippen LogP contribution in [0.2, 0.25) is 0 Å². The maximum atomic E-state index is 12.4. The van der Waals surface area contributed by atoms with Gasteiger partial charge < -0.3 is 4.74 Å². The largest absolute Gasteiger partial charge is 0.488 e. The SMILES string of the molecule is O=C(NN=Cc1cccnc1)c1ccc(Br)cc1OCc1ccccc1. The molecule has 0 fully saturated rings. The Kier molecular flexibility index (Phi) is 6.11. The number of hydrazone groups is 1. The Morgan fingerprint density at radius 3 is 2.77 bits per heavy atom. The van der Waals surface area contributed by atoms with E-state index >= 15 is 0 Å². The minimum absolute atomic E-state index is 0.347. The second-order valence-corrected chi connectivity index (χ2v) is 6.32. The van der Waals surface area contributed by atoms with Crippen LogP contribution in [0.15, 0.2) is 82.6 Å². The predicted octanol–water partition coefficient (Wildman–Crippen LogP) is 4.19. The van der Waals surface area contributed by atoms with E-state index in [0.29, 0.717) is 17.9 Å². The third-order valence-electron chi connectivity index (χ3n) is 3.49. The van der Waals surface area contributed by atoms with Gasteiger partial charge >= 0.3 is 0 Å². The summed E-state index contributed by atoms with van der Waals surface area (Å²) < 4.78 is 6.67. The van der Waals surface area contributed by atoms with Gasteiger partial charge in [-0.3, -0.25) is 9.78 Å². The van der Waals surface area contributed by atoms with Gasteiger partial charge in [-0.25, -0.2) is 5.43 Å². The number of nitrogens with zero attached hydrogens (tertiary/aromatic N) is 2. The maximum Gasteiger partial charge on any atom is 0.275 e. The fourth-order valence-corrected chi connectivity index (χ4v) is 2.56. The van der Waals surface area contributed by atoms with Gasteiger partial charge in [0.15, 0.2) is 0 Å². The average molecular weight is 410 g/mol. The summed E-state index contributed by atoms with van der Waals surface area (Å²) in [5.41, 5.74) is 4.74. The number of carbonyl (C=O) groups excluding carboxylic acids is 1. The molecule has 3 aromatic rings. The molecule has 0 saturated heterocycles. The summed E-state index contributed by atoms with van der Waals surface area (Å²) in [4.78, 5) is 16.4. The van der Waals surface area contributed by atoms with Crippen molar-refractivity contribution in [3.05, 3.63) is 94.2 Å². The third-order valence-corrected chi connectivity index (χ3v) is 3.98. The van der Waals surface area contributed by atoms with Gasteiger partial charge in [0.1, 0.15) is 12.4 Å². The summed E-state index contributed by atoms with van der Waals surface area (Å²) in [6, 6.07) is 18.7. The number of hydrogen-bond donors (Lipinski definition) is 1. The molecular formula is C20H16BrN3O2. The summed E-state index contributed by atoms with van der Waals surface area (Å²) in [7, 11) is 0. The van der Waals surface area contributed by atoms with Crippen molar-refractivity contribution in [2.75, 3.05) is 0 Å². The van der Waals surface area contributed by atoms with E-state index < -0.39 is 0 Å². The van der Waals surface area contributed by atoms with Gasteiger partial charge in [-0.1, -0.05) is 52.3 Å². The molecule has 0 unspecified atom stereocenters. The van der Waals surface area contributed by atoms with E-state index in [0.717, 1.165) is 15.6 Å². The smallest absolute Gasteiger partial charge is 0.275 e. The highest BCUT2D eigenvalue weighted by Crippen LogP contribution is 2.24. The summed E-state index contributed by atoms with van der Waals surface area (Å²) in [6.07, 6.45) is 4.87. The van der Waals surface area contributed by atoms with Gasteiger partial charge in [-0.2, -0.15) is 5.10 Å². The van der Waals surface area contributed by atoms with Crippen LogP contribution in [0.1, 0.15) is 21.5 Å². The molecule has 130 valence electrons. The number of rotatable bonds is 6. The average Bonchev–Trinajstić information content (AvgIpc) is 2.68. The van der Waals surface area contributed by atoms with Crippen LogP contribution >= 0.6 is 15.9 Å². The first-order valence-electron chi connectivity index (χ1n) is 7.92. The molecule has 1 heterocycles. The quantitative estimate of drug-likeness (QED) is 0.490. The molecule has 1 aromatic heterocycles. The fourth-order valence-electron chi connectivity index (χ4n) is 2.22. The van der Waals surface area contributed by atoms with Gasteiger partial charge in [-0.05, 0) is 29.8 Å². The van der Waals surface area contributed by atoms with Crippen LogP contribution in [0.25, 0.3) is 0 Å². The van der Waals surface area contributed by atoms with Crippen molar-refractivity contribution in [1.29, 1.82) is 0 Å². The van der Waals surface area contributed by atoms with E-state index in [1.54, 1.807) is 36.7 Å². The van der Waals surface area contributed by atoms with E-state index in [1.165, 1.54) is 6.21 Å². The number of pyridine rings is 1. The van der Waals surface area contributed by atoms with Crippen LogP contribution in [-0.4, -0.2) is 17.1 Å². The molecule has 0 atom stereocenters. The summed E-state index contributed by atoms with van der Waals surface area (Å²) in [6.45, 7) is 0.372. The minimum Gasteiger partial charge on any atom is -0.488 e. The first-order chi connectivity index (χ1) is 12.7. The van der Waals surface area contributed by atoms with Crippen molar-refractivity contribution in [3.63, 3.8) is 0 Å². The molecule has 5 nitrogen and oxygen atoms in total. The number of ether oxygens (including phenoxy) is 1. The Bertz CT molecular complexity index is 899. The second-order valence-electron chi connectivity index (χ2n) is 5.40. The van der Waals surface area contributed by atoms with Gasteiger partial charge in [0.05, 0.1) is 11.8 Å². The van der Waals surface area contributed by atoms with Crippen LogP contribution in [0.4, 0.5) is 0 Å². The summed E-state index contributed by atoms with van der Waals surface area (Å²) >= 11 is 3.41. The number of benzene rings is 2. The lowest BCUT2D eigenvalue weighted by molar-refractivity contribution is 0.0950. The topological polar surface area (TPSA) is 63.6 Å². The van der Waals surface area contributed by atoms with Crippen LogP contribution in [-0.2, 0) is 6.61 Å². The molecule has 1 amide bonds. The first-order valence-corrected chi connectivity index (χ1v) is 8.71. The van der Waals surface area contributed by atoms with E-state index in [2.05, 4.69) is 31.4 Å². The molecule has 1 N–H and O–H groups in total. The van der Waals surface area contributed by atoms with E-state index in [-0.39, 0.29) is 5.91 Å². The Hall–Kier alpha value is -2.99. The molecule has 26 heavy (non-hydrogen) atoms. The molecule has 0 aliphatic heterocycles. The van der Waals surface area contributed by atoms with Crippen molar-refractivity contribution in [1.82, 2.24) is 10.4 Å². The Balaban J connectivity index is 1.70. The van der Waals surface area contributed by atoms with Crippen molar-refractivity contribution in [3.8, 4) is 5.75 Å². The van der Waals surface area contributed by atoms with Crippen LogP contribution < -0.4 is 10.2 Å². The molecule has 0 bridgehead atoms. The number of hydrogen-bond acceptors (Lipinski definition) is 4. The lowest BCUT2D eigenvalue weighted by Gasteiger charge is -2.11. The van der Waals surface area contributed by atoms with Crippen LogP contribution in [0.5, 0.6) is 5.75 Å². The Labute approximate surface area is 159 Å². The molecule has 2 aromatic carbocycles. The fraction of sp³-hybridized carbons (Fsp3) is 0.0500. The van der Waals surface area contributed by atoms with Gasteiger partial charge in [0.25, 0.3) is 5.91 Å². The van der Waals surface area contributed by atoms with Gasteiger partial charge in [0, 0.05) is 22.4 Å². The standard InChI is InChI=1S/C20H16BrN3O2/c21-17-8-9-18(19(11-17)26-14-15-5-2-1-3-6-15)20(25)24-23-13-16-7-4-10-22-12-16/h1-13H,14H2,(H,24,25). The highest BCUT2D eigenvalue weighted by atomic mass is 79.9. The third kappa shape index (κ3) is 5.00. The van der Waals surface area contributed by atoms with Gasteiger partial charge in [0.2, 0.25) is 0 Å². The van der Waals surface area contributed by atoms with E-state index in [9.17, 15) is 4.79 Å². The first kappa shape index (κ1) is 17.8. The number of carbonyl (C=O) groups is 1. The lowest BCUT2D eigenvalue weighted by Crippen LogP contribution is -2.18. The highest BCUT2D eigenvalue weighted by molar-refractivity contribution is 9.10. The van der Waals surface area contributed by atoms with Crippen molar-refractivity contribution in [2.45, 2.75) is 6.61 Å². The minimum atomic E-state index is -0.347.